The first-order valence-corrected chi connectivity index (χ1v) is 7.55. The van der Waals surface area contributed by atoms with E-state index in [0.29, 0.717) is 5.88 Å². The van der Waals surface area contributed by atoms with Gasteiger partial charge in [0.1, 0.15) is 0 Å². The van der Waals surface area contributed by atoms with Gasteiger partial charge in [-0.2, -0.15) is 0 Å². The second-order valence-corrected chi connectivity index (χ2v) is 6.62. The van der Waals surface area contributed by atoms with Gasteiger partial charge in [0.2, 0.25) is 0 Å². The Morgan fingerprint density at radius 1 is 1.12 bits per heavy atom. The molecule has 0 fully saturated rings. The predicted molar refractivity (Wildman–Crippen MR) is 80.2 cm³/mol. The van der Waals surface area contributed by atoms with Crippen molar-refractivity contribution < 1.29 is 0 Å². The van der Waals surface area contributed by atoms with E-state index >= 15 is 0 Å². The Bertz CT molecular complexity index is 467. The van der Waals surface area contributed by atoms with Gasteiger partial charge in [-0.15, -0.1) is 22.9 Å². The highest BCUT2D eigenvalue weighted by Gasteiger charge is 1.98. The zero-order valence-electron chi connectivity index (χ0n) is 9.25. The summed E-state index contributed by atoms with van der Waals surface area (Å²) in [5.41, 5.74) is 2.43. The Morgan fingerprint density at radius 2 is 1.88 bits per heavy atom. The Hall–Kier alpha value is -0.510. The van der Waals surface area contributed by atoms with Gasteiger partial charge in [0.05, 0.1) is 3.79 Å². The van der Waals surface area contributed by atoms with Crippen molar-refractivity contribution in [2.75, 3.05) is 11.2 Å². The quantitative estimate of drug-likeness (QED) is 0.769. The van der Waals surface area contributed by atoms with Crippen LogP contribution in [0.3, 0.4) is 0 Å². The molecule has 0 saturated carbocycles. The zero-order valence-corrected chi connectivity index (χ0v) is 12.4. The molecule has 0 atom stereocenters. The summed E-state index contributed by atoms with van der Waals surface area (Å²) < 4.78 is 1.17. The van der Waals surface area contributed by atoms with E-state index in [1.54, 1.807) is 11.3 Å². The summed E-state index contributed by atoms with van der Waals surface area (Å²) in [4.78, 5) is 1.32. The number of aryl methyl sites for hydroxylation is 1. The monoisotopic (exact) mass is 329 g/mol. The molecule has 0 bridgehead atoms. The van der Waals surface area contributed by atoms with Crippen molar-refractivity contribution in [2.24, 2.45) is 0 Å². The minimum Gasteiger partial charge on any atom is -0.380 e. The molecule has 1 aromatic carbocycles. The van der Waals surface area contributed by atoms with Crippen LogP contribution in [0.15, 0.2) is 40.2 Å². The highest BCUT2D eigenvalue weighted by molar-refractivity contribution is 9.11. The lowest BCUT2D eigenvalue weighted by Gasteiger charge is -2.05. The van der Waals surface area contributed by atoms with Gasteiger partial charge in [0, 0.05) is 23.0 Å². The van der Waals surface area contributed by atoms with Crippen molar-refractivity contribution in [2.45, 2.75) is 13.0 Å². The van der Waals surface area contributed by atoms with Crippen LogP contribution in [0.2, 0.25) is 0 Å². The van der Waals surface area contributed by atoms with E-state index in [2.05, 4.69) is 57.6 Å². The topological polar surface area (TPSA) is 12.0 Å². The van der Waals surface area contributed by atoms with E-state index in [1.807, 2.05) is 0 Å². The van der Waals surface area contributed by atoms with E-state index in [0.717, 1.165) is 18.7 Å². The largest absolute Gasteiger partial charge is 0.380 e. The fourth-order valence-corrected chi connectivity index (χ4v) is 3.18. The van der Waals surface area contributed by atoms with Crippen LogP contribution < -0.4 is 5.32 Å². The summed E-state index contributed by atoms with van der Waals surface area (Å²) in [5, 5.41) is 3.40. The zero-order chi connectivity index (χ0) is 12.1. The smallest absolute Gasteiger partial charge is 0.0702 e. The van der Waals surface area contributed by atoms with Crippen molar-refractivity contribution in [1.29, 1.82) is 0 Å². The van der Waals surface area contributed by atoms with E-state index in [-0.39, 0.29) is 0 Å². The van der Waals surface area contributed by atoms with Gasteiger partial charge >= 0.3 is 0 Å². The third-order valence-electron chi connectivity index (χ3n) is 2.43. The van der Waals surface area contributed by atoms with Gasteiger partial charge < -0.3 is 5.32 Å². The Labute approximate surface area is 119 Å². The maximum Gasteiger partial charge on any atom is 0.0702 e. The van der Waals surface area contributed by atoms with Crippen LogP contribution in [-0.4, -0.2) is 5.88 Å². The third-order valence-corrected chi connectivity index (χ3v) is 4.25. The highest BCUT2D eigenvalue weighted by Crippen LogP contribution is 2.23. The number of halogens is 2. The van der Waals surface area contributed by atoms with Crippen LogP contribution in [0.25, 0.3) is 0 Å². The van der Waals surface area contributed by atoms with Crippen LogP contribution in [0, 0.1) is 0 Å². The van der Waals surface area contributed by atoms with Crippen LogP contribution in [0.5, 0.6) is 0 Å². The lowest BCUT2D eigenvalue weighted by atomic mass is 10.1. The molecule has 2 rings (SSSR count). The number of alkyl halides is 1. The molecule has 2 aromatic rings. The number of rotatable bonds is 5. The molecule has 0 aliphatic rings. The molecule has 0 amide bonds. The van der Waals surface area contributed by atoms with Gasteiger partial charge in [-0.05, 0) is 52.2 Å². The molecular weight excluding hydrogens is 318 g/mol. The molecule has 4 heteroatoms. The Balaban J connectivity index is 1.90. The summed E-state index contributed by atoms with van der Waals surface area (Å²) in [6.45, 7) is 0.866. The predicted octanol–water partition coefficient (Wildman–Crippen LogP) is 4.90. The standard InChI is InChI=1S/C13H13BrClNS/c14-13-6-5-12(17-13)9-16-11-3-1-10(2-4-11)7-8-15/h1-6,16H,7-9H2. The lowest BCUT2D eigenvalue weighted by molar-refractivity contribution is 1.14. The fourth-order valence-electron chi connectivity index (χ4n) is 1.53. The number of hydrogen-bond acceptors (Lipinski definition) is 2. The number of nitrogens with one attached hydrogen (secondary N) is 1. The van der Waals surface area contributed by atoms with Gasteiger partial charge in [0.25, 0.3) is 0 Å². The van der Waals surface area contributed by atoms with E-state index in [9.17, 15) is 0 Å². The van der Waals surface area contributed by atoms with Crippen LogP contribution in [0.1, 0.15) is 10.4 Å². The van der Waals surface area contributed by atoms with Gasteiger partial charge in [0.15, 0.2) is 0 Å². The van der Waals surface area contributed by atoms with Crippen molar-refractivity contribution in [3.8, 4) is 0 Å². The highest BCUT2D eigenvalue weighted by atomic mass is 79.9. The Morgan fingerprint density at radius 3 is 2.47 bits per heavy atom. The molecule has 17 heavy (non-hydrogen) atoms. The molecule has 0 radical (unpaired) electrons. The molecular formula is C13H13BrClNS. The molecule has 1 aromatic heterocycles. The van der Waals surface area contributed by atoms with E-state index < -0.39 is 0 Å². The van der Waals surface area contributed by atoms with Crippen LogP contribution in [-0.2, 0) is 13.0 Å². The van der Waals surface area contributed by atoms with Gasteiger partial charge in [-0.1, -0.05) is 12.1 Å². The molecule has 1 nitrogen and oxygen atoms in total. The minimum atomic E-state index is 0.677. The molecule has 1 N–H and O–H groups in total. The van der Waals surface area contributed by atoms with Crippen molar-refractivity contribution in [3.63, 3.8) is 0 Å². The second kappa shape index (κ2) is 6.43. The average molecular weight is 331 g/mol. The first-order chi connectivity index (χ1) is 8.28. The second-order valence-electron chi connectivity index (χ2n) is 3.70. The first kappa shape index (κ1) is 12.9. The summed E-state index contributed by atoms with van der Waals surface area (Å²) in [5.74, 6) is 0.677. The van der Waals surface area contributed by atoms with Crippen LogP contribution >= 0.6 is 38.9 Å². The van der Waals surface area contributed by atoms with Crippen molar-refractivity contribution in [1.82, 2.24) is 0 Å². The SMILES string of the molecule is ClCCc1ccc(NCc2ccc(Br)s2)cc1. The van der Waals surface area contributed by atoms with E-state index in [4.69, 9.17) is 11.6 Å². The summed E-state index contributed by atoms with van der Waals surface area (Å²) in [7, 11) is 0. The molecule has 0 unspecified atom stereocenters. The average Bonchev–Trinajstić information content (AvgIpc) is 2.75. The summed E-state index contributed by atoms with van der Waals surface area (Å²) in [6, 6.07) is 12.6. The number of benzene rings is 1. The molecule has 1 heterocycles. The van der Waals surface area contributed by atoms with Crippen LogP contribution in [0.4, 0.5) is 5.69 Å². The van der Waals surface area contributed by atoms with Crippen molar-refractivity contribution in [3.05, 3.63) is 50.6 Å². The summed E-state index contributed by atoms with van der Waals surface area (Å²) in [6.07, 6.45) is 0.930. The Kier molecular flexibility index (Phi) is 4.89. The van der Waals surface area contributed by atoms with Crippen molar-refractivity contribution >= 4 is 44.6 Å². The van der Waals surface area contributed by atoms with E-state index in [1.165, 1.54) is 14.2 Å². The number of anilines is 1. The minimum absolute atomic E-state index is 0.677. The maximum atomic E-state index is 5.70. The molecule has 0 spiro atoms. The van der Waals surface area contributed by atoms with Gasteiger partial charge in [-0.3, -0.25) is 0 Å². The fraction of sp³-hybridized carbons (Fsp3) is 0.231. The normalized spacial score (nSPS) is 10.5. The first-order valence-electron chi connectivity index (χ1n) is 5.41. The molecule has 0 saturated heterocycles. The summed E-state index contributed by atoms with van der Waals surface area (Å²) >= 11 is 10.9. The third kappa shape index (κ3) is 4.02. The van der Waals surface area contributed by atoms with Gasteiger partial charge in [-0.25, -0.2) is 0 Å². The molecule has 90 valence electrons. The number of thiophene rings is 1. The maximum absolute atomic E-state index is 5.70. The molecule has 0 aliphatic heterocycles. The molecule has 0 aliphatic carbocycles. The number of hydrogen-bond donors (Lipinski definition) is 1. The lowest BCUT2D eigenvalue weighted by Crippen LogP contribution is -1.97.